The molecule has 1 rings (SSSR count). The van der Waals surface area contributed by atoms with Crippen molar-refractivity contribution in [2.75, 3.05) is 0 Å². The second kappa shape index (κ2) is 1.81. The van der Waals surface area contributed by atoms with E-state index in [1.54, 1.807) is 0 Å². The van der Waals surface area contributed by atoms with E-state index >= 15 is 0 Å². The summed E-state index contributed by atoms with van der Waals surface area (Å²) in [6.07, 6.45) is 1.04. The van der Waals surface area contributed by atoms with Crippen LogP contribution in [0.15, 0.2) is 18.3 Å². The molecule has 0 spiro atoms. The number of aromatic nitrogens is 1. The first-order valence-electron chi connectivity index (χ1n) is 2.35. The van der Waals surface area contributed by atoms with Gasteiger partial charge in [0.1, 0.15) is 5.75 Å². The fourth-order valence-electron chi connectivity index (χ4n) is 0.479. The third-order valence-corrected chi connectivity index (χ3v) is 0.913. The molecule has 1 heterocycles. The molecule has 0 saturated carbocycles. The Balaban J connectivity index is 3.34. The highest BCUT2D eigenvalue weighted by Gasteiger charge is 1.87. The van der Waals surface area contributed by atoms with Crippen LogP contribution in [0.5, 0.6) is 5.75 Å². The summed E-state index contributed by atoms with van der Waals surface area (Å²) >= 11 is 0. The molecule has 0 bridgehead atoms. The third-order valence-electron chi connectivity index (χ3n) is 0.913. The lowest BCUT2D eigenvalue weighted by atomic mass is 10.5. The number of nitrogens with zero attached hydrogens (tertiary/aromatic N) is 1. The van der Waals surface area contributed by atoms with E-state index in [-0.39, 0.29) is 11.2 Å². The van der Waals surface area contributed by atoms with Gasteiger partial charge in [-0.2, -0.15) is 4.73 Å². The van der Waals surface area contributed by atoms with Crippen molar-refractivity contribution in [1.29, 1.82) is 5.41 Å². The van der Waals surface area contributed by atoms with Crippen LogP contribution in [0.4, 0.5) is 0 Å². The molecular formula is C5H6N2O2. The fraction of sp³-hybridized carbons (Fsp3) is 0. The van der Waals surface area contributed by atoms with E-state index in [9.17, 15) is 0 Å². The monoisotopic (exact) mass is 126 g/mol. The zero-order valence-corrected chi connectivity index (χ0v) is 4.57. The molecule has 3 N–H and O–H groups in total. The molecule has 0 fully saturated rings. The van der Waals surface area contributed by atoms with Gasteiger partial charge in [-0.25, -0.2) is 0 Å². The van der Waals surface area contributed by atoms with Crippen LogP contribution in [0.1, 0.15) is 0 Å². The highest BCUT2D eigenvalue weighted by atomic mass is 16.5. The predicted molar refractivity (Wildman–Crippen MR) is 29.1 cm³/mol. The van der Waals surface area contributed by atoms with Gasteiger partial charge in [-0.3, -0.25) is 5.41 Å². The maximum atomic E-state index is 8.67. The number of rotatable bonds is 0. The van der Waals surface area contributed by atoms with E-state index in [4.69, 9.17) is 15.7 Å². The second-order valence-electron chi connectivity index (χ2n) is 1.62. The summed E-state index contributed by atoms with van der Waals surface area (Å²) in [5.41, 5.74) is -0.0622. The Kier molecular flexibility index (Phi) is 1.14. The second-order valence-corrected chi connectivity index (χ2v) is 1.62. The van der Waals surface area contributed by atoms with Gasteiger partial charge in [-0.15, -0.1) is 0 Å². The van der Waals surface area contributed by atoms with Crippen LogP contribution in [0.2, 0.25) is 0 Å². The van der Waals surface area contributed by atoms with Crippen molar-refractivity contribution < 1.29 is 10.3 Å². The molecule has 4 heteroatoms. The number of hydrogen-bond acceptors (Lipinski definition) is 3. The van der Waals surface area contributed by atoms with E-state index in [2.05, 4.69) is 0 Å². The normalized spacial score (nSPS) is 9.33. The van der Waals surface area contributed by atoms with Crippen molar-refractivity contribution in [2.45, 2.75) is 0 Å². The molecule has 0 radical (unpaired) electrons. The molecule has 1 aromatic rings. The molecule has 9 heavy (non-hydrogen) atoms. The number of nitrogens with one attached hydrogen (secondary N) is 1. The van der Waals surface area contributed by atoms with Crippen molar-refractivity contribution >= 4 is 0 Å². The number of pyridine rings is 1. The van der Waals surface area contributed by atoms with Crippen molar-refractivity contribution in [1.82, 2.24) is 4.73 Å². The fourth-order valence-corrected chi connectivity index (χ4v) is 0.479. The first-order valence-corrected chi connectivity index (χ1v) is 2.35. The van der Waals surface area contributed by atoms with Crippen molar-refractivity contribution in [2.24, 2.45) is 0 Å². The molecule has 48 valence electrons. The van der Waals surface area contributed by atoms with Crippen LogP contribution >= 0.6 is 0 Å². The van der Waals surface area contributed by atoms with Crippen LogP contribution in [-0.4, -0.2) is 15.0 Å². The lowest BCUT2D eigenvalue weighted by Crippen LogP contribution is -2.14. The average Bonchev–Trinajstić information content (AvgIpc) is 1.80. The highest BCUT2D eigenvalue weighted by Crippen LogP contribution is 1.99. The molecule has 0 aliphatic heterocycles. The van der Waals surface area contributed by atoms with Crippen LogP contribution in [-0.2, 0) is 0 Å². The minimum Gasteiger partial charge on any atom is -0.506 e. The van der Waals surface area contributed by atoms with Crippen LogP contribution in [0.25, 0.3) is 0 Å². The van der Waals surface area contributed by atoms with Crippen LogP contribution < -0.4 is 5.49 Å². The molecule has 0 unspecified atom stereocenters. The van der Waals surface area contributed by atoms with Crippen LogP contribution in [0, 0.1) is 5.41 Å². The summed E-state index contributed by atoms with van der Waals surface area (Å²) in [6, 6.07) is 2.62. The summed E-state index contributed by atoms with van der Waals surface area (Å²) in [7, 11) is 0. The molecule has 0 amide bonds. The Hall–Kier alpha value is -1.45. The zero-order chi connectivity index (χ0) is 6.85. The summed E-state index contributed by atoms with van der Waals surface area (Å²) in [4.78, 5) is 0. The van der Waals surface area contributed by atoms with E-state index in [1.165, 1.54) is 12.1 Å². The van der Waals surface area contributed by atoms with E-state index in [0.717, 1.165) is 6.20 Å². The van der Waals surface area contributed by atoms with Gasteiger partial charge in [-0.05, 0) is 12.1 Å². The molecule has 4 nitrogen and oxygen atoms in total. The van der Waals surface area contributed by atoms with Gasteiger partial charge < -0.3 is 10.3 Å². The first-order chi connectivity index (χ1) is 4.20. The van der Waals surface area contributed by atoms with E-state index in [0.29, 0.717) is 4.73 Å². The SMILES string of the molecule is N=c1ccc(O)cn1O. The molecule has 0 aliphatic carbocycles. The average molecular weight is 126 g/mol. The third kappa shape index (κ3) is 1.02. The minimum atomic E-state index is -0.0622. The van der Waals surface area contributed by atoms with Gasteiger partial charge in [0.2, 0.25) is 0 Å². The Morgan fingerprint density at radius 3 is 2.56 bits per heavy atom. The molecule has 0 atom stereocenters. The van der Waals surface area contributed by atoms with Crippen LogP contribution in [0.3, 0.4) is 0 Å². The maximum Gasteiger partial charge on any atom is 0.160 e. The Morgan fingerprint density at radius 2 is 2.11 bits per heavy atom. The summed E-state index contributed by atoms with van der Waals surface area (Å²) in [6.45, 7) is 0. The van der Waals surface area contributed by atoms with Gasteiger partial charge in [0, 0.05) is 0 Å². The number of aromatic hydroxyl groups is 1. The van der Waals surface area contributed by atoms with Gasteiger partial charge in [0.05, 0.1) is 6.20 Å². The molecular weight excluding hydrogens is 120 g/mol. The Morgan fingerprint density at radius 1 is 1.44 bits per heavy atom. The van der Waals surface area contributed by atoms with Crippen molar-refractivity contribution in [3.63, 3.8) is 0 Å². The molecule has 0 saturated heterocycles. The molecule has 0 aliphatic rings. The highest BCUT2D eigenvalue weighted by molar-refractivity contribution is 5.12. The Bertz CT molecular complexity index is 266. The quantitative estimate of drug-likeness (QED) is 0.425. The lowest BCUT2D eigenvalue weighted by molar-refractivity contribution is 0.167. The standard InChI is InChI=1S/C5H6N2O2/c6-5-2-1-4(8)3-7(5)9/h1-3,6,8-9H. The van der Waals surface area contributed by atoms with Crippen molar-refractivity contribution in [3.8, 4) is 5.75 Å². The summed E-state index contributed by atoms with van der Waals surface area (Å²) < 4.78 is 0.537. The lowest BCUT2D eigenvalue weighted by Gasteiger charge is -1.94. The topological polar surface area (TPSA) is 69.2 Å². The van der Waals surface area contributed by atoms with Crippen molar-refractivity contribution in [3.05, 3.63) is 23.8 Å². The number of hydrogen-bond donors (Lipinski definition) is 3. The largest absolute Gasteiger partial charge is 0.506 e. The first kappa shape index (κ1) is 5.68. The molecule has 1 aromatic heterocycles. The summed E-state index contributed by atoms with van der Waals surface area (Å²) in [5.74, 6) is -0.0616. The summed E-state index contributed by atoms with van der Waals surface area (Å²) in [5, 5.41) is 24.3. The van der Waals surface area contributed by atoms with Gasteiger partial charge in [-0.1, -0.05) is 0 Å². The predicted octanol–water partition coefficient (Wildman–Crippen LogP) is -0.0895. The van der Waals surface area contributed by atoms with E-state index in [1.807, 2.05) is 0 Å². The zero-order valence-electron chi connectivity index (χ0n) is 4.57. The Labute approximate surface area is 51.1 Å². The molecule has 0 aromatic carbocycles. The van der Waals surface area contributed by atoms with Gasteiger partial charge >= 0.3 is 0 Å². The smallest absolute Gasteiger partial charge is 0.160 e. The minimum absolute atomic E-state index is 0.0616. The van der Waals surface area contributed by atoms with Gasteiger partial charge in [0.15, 0.2) is 5.49 Å². The van der Waals surface area contributed by atoms with Gasteiger partial charge in [0.25, 0.3) is 0 Å². The maximum absolute atomic E-state index is 8.67. The van der Waals surface area contributed by atoms with E-state index < -0.39 is 0 Å².